The molecule has 2 rings (SSSR count). The first kappa shape index (κ1) is 16.4. The molecule has 0 aromatic carbocycles. The highest BCUT2D eigenvalue weighted by Gasteiger charge is 2.13. The molecule has 0 saturated carbocycles. The van der Waals surface area contributed by atoms with E-state index < -0.39 is 0 Å². The summed E-state index contributed by atoms with van der Waals surface area (Å²) < 4.78 is 13.1. The molecule has 21 heavy (non-hydrogen) atoms. The first-order valence-corrected chi connectivity index (χ1v) is 7.86. The van der Waals surface area contributed by atoms with Gasteiger partial charge in [-0.1, -0.05) is 5.21 Å². The van der Waals surface area contributed by atoms with E-state index in [1.165, 1.54) is 12.8 Å². The maximum absolute atomic E-state index is 5.67. The summed E-state index contributed by atoms with van der Waals surface area (Å²) in [5, 5.41) is 11.7. The molecule has 1 unspecified atom stereocenters. The molecule has 0 radical (unpaired) electrons. The molecular formula is C15H28N4O2. The summed E-state index contributed by atoms with van der Waals surface area (Å²) in [5.74, 6) is 0. The van der Waals surface area contributed by atoms with E-state index >= 15 is 0 Å². The maximum atomic E-state index is 5.67. The van der Waals surface area contributed by atoms with Crippen molar-refractivity contribution in [1.29, 1.82) is 0 Å². The van der Waals surface area contributed by atoms with Crippen LogP contribution in [0, 0.1) is 0 Å². The van der Waals surface area contributed by atoms with E-state index in [0.717, 1.165) is 31.8 Å². The van der Waals surface area contributed by atoms with Crippen LogP contribution in [0.15, 0.2) is 6.20 Å². The summed E-state index contributed by atoms with van der Waals surface area (Å²) in [4.78, 5) is 0. The van der Waals surface area contributed by atoms with Gasteiger partial charge in [-0.05, 0) is 40.0 Å². The van der Waals surface area contributed by atoms with Gasteiger partial charge in [0.05, 0.1) is 31.6 Å². The predicted octanol–water partition coefficient (Wildman–Crippen LogP) is 1.75. The first-order chi connectivity index (χ1) is 10.0. The second-order valence-corrected chi connectivity index (χ2v) is 6.64. The molecule has 6 heteroatoms. The van der Waals surface area contributed by atoms with Crippen molar-refractivity contribution in [2.75, 3.05) is 19.8 Å². The van der Waals surface area contributed by atoms with E-state index in [0.29, 0.717) is 13.2 Å². The monoisotopic (exact) mass is 296 g/mol. The van der Waals surface area contributed by atoms with E-state index in [1.54, 1.807) is 0 Å². The van der Waals surface area contributed by atoms with Crippen molar-refractivity contribution in [3.8, 4) is 0 Å². The Kier molecular flexibility index (Phi) is 6.14. The Labute approximate surface area is 127 Å². The Hall–Kier alpha value is -0.980. The molecule has 1 saturated heterocycles. The Bertz CT molecular complexity index is 408. The molecule has 2 heterocycles. The lowest BCUT2D eigenvalue weighted by Gasteiger charge is -2.22. The van der Waals surface area contributed by atoms with E-state index in [2.05, 4.69) is 36.4 Å². The van der Waals surface area contributed by atoms with Gasteiger partial charge in [-0.15, -0.1) is 5.10 Å². The van der Waals surface area contributed by atoms with Gasteiger partial charge in [0.15, 0.2) is 0 Å². The van der Waals surface area contributed by atoms with Gasteiger partial charge >= 0.3 is 0 Å². The van der Waals surface area contributed by atoms with Gasteiger partial charge in [0.2, 0.25) is 0 Å². The zero-order chi connectivity index (χ0) is 15.1. The first-order valence-electron chi connectivity index (χ1n) is 7.86. The molecule has 1 atom stereocenters. The van der Waals surface area contributed by atoms with Crippen molar-refractivity contribution in [1.82, 2.24) is 20.3 Å². The number of nitrogens with one attached hydrogen (secondary N) is 1. The van der Waals surface area contributed by atoms with Gasteiger partial charge in [0.25, 0.3) is 0 Å². The molecule has 1 fully saturated rings. The molecule has 1 N–H and O–H groups in total. The van der Waals surface area contributed by atoms with Gasteiger partial charge in [0.1, 0.15) is 0 Å². The third kappa shape index (κ3) is 6.54. The maximum Gasteiger partial charge on any atom is 0.0965 e. The number of hydrogen-bond acceptors (Lipinski definition) is 5. The average Bonchev–Trinajstić information content (AvgIpc) is 2.90. The van der Waals surface area contributed by atoms with Crippen LogP contribution in [0.5, 0.6) is 0 Å². The van der Waals surface area contributed by atoms with Crippen LogP contribution in [0.2, 0.25) is 0 Å². The van der Waals surface area contributed by atoms with E-state index in [9.17, 15) is 0 Å². The van der Waals surface area contributed by atoms with Crippen LogP contribution in [-0.4, -0.2) is 46.5 Å². The van der Waals surface area contributed by atoms with Crippen LogP contribution in [-0.2, 0) is 22.6 Å². The minimum absolute atomic E-state index is 0.0902. The standard InChI is InChI=1S/C15H28N4O2/c1-15(2,3)16-10-13-11-19(18-17-13)7-9-20-12-14-6-4-5-8-21-14/h11,14,16H,4-10,12H2,1-3H3. The molecule has 0 aliphatic carbocycles. The lowest BCUT2D eigenvalue weighted by Crippen LogP contribution is -2.35. The third-order valence-electron chi connectivity index (χ3n) is 3.43. The molecule has 0 spiro atoms. The Balaban J connectivity index is 1.61. The fourth-order valence-corrected chi connectivity index (χ4v) is 2.20. The number of rotatable bonds is 7. The van der Waals surface area contributed by atoms with Crippen molar-refractivity contribution in [2.24, 2.45) is 0 Å². The topological polar surface area (TPSA) is 61.2 Å². The minimum atomic E-state index is 0.0902. The molecule has 120 valence electrons. The molecule has 0 bridgehead atoms. The predicted molar refractivity (Wildman–Crippen MR) is 81.0 cm³/mol. The molecule has 6 nitrogen and oxygen atoms in total. The number of aromatic nitrogens is 3. The molecule has 1 aliphatic rings. The smallest absolute Gasteiger partial charge is 0.0965 e. The fourth-order valence-electron chi connectivity index (χ4n) is 2.20. The summed E-state index contributed by atoms with van der Waals surface area (Å²) in [6.07, 6.45) is 5.80. The van der Waals surface area contributed by atoms with Crippen LogP contribution >= 0.6 is 0 Å². The van der Waals surface area contributed by atoms with Crippen molar-refractivity contribution in [3.05, 3.63) is 11.9 Å². The largest absolute Gasteiger partial charge is 0.377 e. The lowest BCUT2D eigenvalue weighted by atomic mass is 10.1. The number of nitrogens with zero attached hydrogens (tertiary/aromatic N) is 3. The molecule has 1 aliphatic heterocycles. The molecule has 0 amide bonds. The van der Waals surface area contributed by atoms with Gasteiger partial charge in [-0.2, -0.15) is 0 Å². The van der Waals surface area contributed by atoms with Crippen LogP contribution in [0.1, 0.15) is 45.7 Å². The van der Waals surface area contributed by atoms with E-state index in [4.69, 9.17) is 9.47 Å². The zero-order valence-electron chi connectivity index (χ0n) is 13.5. The van der Waals surface area contributed by atoms with Crippen molar-refractivity contribution in [3.63, 3.8) is 0 Å². The Morgan fingerprint density at radius 2 is 2.29 bits per heavy atom. The van der Waals surface area contributed by atoms with Gasteiger partial charge < -0.3 is 14.8 Å². The highest BCUT2D eigenvalue weighted by molar-refractivity contribution is 4.93. The summed E-state index contributed by atoms with van der Waals surface area (Å²) >= 11 is 0. The van der Waals surface area contributed by atoms with Crippen LogP contribution in [0.4, 0.5) is 0 Å². The quantitative estimate of drug-likeness (QED) is 0.777. The van der Waals surface area contributed by atoms with Crippen molar-refractivity contribution in [2.45, 2.75) is 64.8 Å². The third-order valence-corrected chi connectivity index (χ3v) is 3.43. The lowest BCUT2D eigenvalue weighted by molar-refractivity contribution is -0.0421. The Morgan fingerprint density at radius 1 is 1.43 bits per heavy atom. The highest BCUT2D eigenvalue weighted by atomic mass is 16.5. The van der Waals surface area contributed by atoms with Crippen LogP contribution in [0.25, 0.3) is 0 Å². The molecule has 1 aromatic rings. The summed E-state index contributed by atoms with van der Waals surface area (Å²) in [7, 11) is 0. The van der Waals surface area contributed by atoms with E-state index in [1.807, 2.05) is 10.9 Å². The second-order valence-electron chi connectivity index (χ2n) is 6.64. The van der Waals surface area contributed by atoms with Crippen molar-refractivity contribution < 1.29 is 9.47 Å². The minimum Gasteiger partial charge on any atom is -0.377 e. The fraction of sp³-hybridized carbons (Fsp3) is 0.867. The number of hydrogen-bond donors (Lipinski definition) is 1. The van der Waals surface area contributed by atoms with Crippen molar-refractivity contribution >= 4 is 0 Å². The summed E-state index contributed by atoms with van der Waals surface area (Å²) in [5.41, 5.74) is 1.05. The van der Waals surface area contributed by atoms with Gasteiger partial charge in [-0.25, -0.2) is 4.68 Å². The van der Waals surface area contributed by atoms with Gasteiger partial charge in [-0.3, -0.25) is 0 Å². The van der Waals surface area contributed by atoms with E-state index in [-0.39, 0.29) is 11.6 Å². The normalized spacial score (nSPS) is 19.9. The highest BCUT2D eigenvalue weighted by Crippen LogP contribution is 2.12. The average molecular weight is 296 g/mol. The van der Waals surface area contributed by atoms with Gasteiger partial charge in [0, 0.05) is 24.9 Å². The zero-order valence-corrected chi connectivity index (χ0v) is 13.5. The summed E-state index contributed by atoms with van der Waals surface area (Å²) in [6, 6.07) is 0. The van der Waals surface area contributed by atoms with Crippen LogP contribution < -0.4 is 5.32 Å². The number of ether oxygens (including phenoxy) is 2. The second kappa shape index (κ2) is 7.87. The Morgan fingerprint density at radius 3 is 3.00 bits per heavy atom. The molecule has 1 aromatic heterocycles. The SMILES string of the molecule is CC(C)(C)NCc1cn(CCOCC2CCCCO2)nn1. The molecular weight excluding hydrogens is 268 g/mol. The summed E-state index contributed by atoms with van der Waals surface area (Å²) in [6.45, 7) is 10.1. The van der Waals surface area contributed by atoms with Crippen LogP contribution in [0.3, 0.4) is 0 Å².